The van der Waals surface area contributed by atoms with Crippen molar-refractivity contribution in [3.63, 3.8) is 0 Å². The molecular formula is C14H20N2O4S. The first-order valence-electron chi connectivity index (χ1n) is 6.38. The molecule has 1 amide bonds. The zero-order valence-electron chi connectivity index (χ0n) is 12.6. The van der Waals surface area contributed by atoms with Gasteiger partial charge in [-0.05, 0) is 18.6 Å². The molecule has 0 aliphatic rings. The highest BCUT2D eigenvalue weighted by atomic mass is 32.1. The molecule has 116 valence electrons. The Morgan fingerprint density at radius 3 is 2.10 bits per heavy atom. The van der Waals surface area contributed by atoms with E-state index in [1.54, 1.807) is 12.1 Å². The first kappa shape index (κ1) is 17.0. The smallest absolute Gasteiger partial charge is 0.252 e. The quantitative estimate of drug-likeness (QED) is 0.743. The van der Waals surface area contributed by atoms with Crippen molar-refractivity contribution in [3.05, 3.63) is 17.7 Å². The molecule has 0 aromatic heterocycles. The fourth-order valence-corrected chi connectivity index (χ4v) is 2.05. The molecule has 0 bridgehead atoms. The Morgan fingerprint density at radius 1 is 1.24 bits per heavy atom. The predicted molar refractivity (Wildman–Crippen MR) is 84.4 cm³/mol. The molecule has 1 atom stereocenters. The maximum Gasteiger partial charge on any atom is 0.252 e. The largest absolute Gasteiger partial charge is 0.493 e. The van der Waals surface area contributed by atoms with Crippen LogP contribution in [-0.2, 0) is 0 Å². The number of rotatable bonds is 7. The summed E-state index contributed by atoms with van der Waals surface area (Å²) in [5.41, 5.74) is 5.95. The van der Waals surface area contributed by atoms with E-state index in [1.165, 1.54) is 21.3 Å². The van der Waals surface area contributed by atoms with E-state index in [1.807, 2.05) is 6.92 Å². The Hall–Kier alpha value is -2.02. The fraction of sp³-hybridized carbons (Fsp3) is 0.429. The van der Waals surface area contributed by atoms with Gasteiger partial charge in [-0.1, -0.05) is 19.1 Å². The highest BCUT2D eigenvalue weighted by Crippen LogP contribution is 2.38. The van der Waals surface area contributed by atoms with E-state index >= 15 is 0 Å². The molecule has 0 fully saturated rings. The molecule has 0 radical (unpaired) electrons. The maximum atomic E-state index is 12.3. The Morgan fingerprint density at radius 2 is 1.76 bits per heavy atom. The fourth-order valence-electron chi connectivity index (χ4n) is 1.83. The average Bonchev–Trinajstić information content (AvgIpc) is 2.50. The van der Waals surface area contributed by atoms with Gasteiger partial charge < -0.3 is 25.3 Å². The lowest BCUT2D eigenvalue weighted by Gasteiger charge is -2.17. The van der Waals surface area contributed by atoms with E-state index in [0.717, 1.165) is 0 Å². The van der Waals surface area contributed by atoms with Crippen molar-refractivity contribution < 1.29 is 19.0 Å². The summed E-state index contributed by atoms with van der Waals surface area (Å²) in [7, 11) is 4.48. The van der Waals surface area contributed by atoms with Gasteiger partial charge in [0, 0.05) is 5.56 Å². The molecule has 1 rings (SSSR count). The van der Waals surface area contributed by atoms with Crippen molar-refractivity contribution in [1.82, 2.24) is 5.32 Å². The van der Waals surface area contributed by atoms with Gasteiger partial charge in [-0.15, -0.1) is 0 Å². The summed E-state index contributed by atoms with van der Waals surface area (Å²) >= 11 is 4.91. The average molecular weight is 312 g/mol. The van der Waals surface area contributed by atoms with Crippen molar-refractivity contribution in [2.75, 3.05) is 21.3 Å². The summed E-state index contributed by atoms with van der Waals surface area (Å²) in [6, 6.07) is 2.79. The van der Waals surface area contributed by atoms with Gasteiger partial charge >= 0.3 is 0 Å². The van der Waals surface area contributed by atoms with Crippen LogP contribution in [0.15, 0.2) is 12.1 Å². The van der Waals surface area contributed by atoms with Crippen LogP contribution in [0.2, 0.25) is 0 Å². The number of methoxy groups -OCH3 is 3. The second kappa shape index (κ2) is 7.68. The van der Waals surface area contributed by atoms with Crippen LogP contribution in [0, 0.1) is 0 Å². The number of amides is 1. The van der Waals surface area contributed by atoms with Gasteiger partial charge in [0.05, 0.1) is 32.4 Å². The molecule has 3 N–H and O–H groups in total. The van der Waals surface area contributed by atoms with Crippen molar-refractivity contribution in [2.24, 2.45) is 5.73 Å². The molecule has 0 heterocycles. The second-order valence-corrected chi connectivity index (χ2v) is 4.72. The Balaban J connectivity index is 3.13. The summed E-state index contributed by atoms with van der Waals surface area (Å²) in [6.07, 6.45) is 0.617. The Kier molecular flexibility index (Phi) is 6.23. The molecule has 7 heteroatoms. The molecule has 1 aromatic carbocycles. The number of hydrogen-bond acceptors (Lipinski definition) is 5. The lowest BCUT2D eigenvalue weighted by atomic mass is 10.1. The van der Waals surface area contributed by atoms with Crippen molar-refractivity contribution in [3.8, 4) is 17.2 Å². The van der Waals surface area contributed by atoms with E-state index in [0.29, 0.717) is 29.2 Å². The van der Waals surface area contributed by atoms with Gasteiger partial charge in [0.2, 0.25) is 5.75 Å². The van der Waals surface area contributed by atoms with Crippen LogP contribution >= 0.6 is 12.2 Å². The molecule has 0 saturated carbocycles. The zero-order chi connectivity index (χ0) is 16.0. The van der Waals surface area contributed by atoms with Crippen LogP contribution in [0.3, 0.4) is 0 Å². The molecule has 1 aromatic rings. The van der Waals surface area contributed by atoms with Crippen molar-refractivity contribution in [2.45, 2.75) is 19.4 Å². The maximum absolute atomic E-state index is 12.3. The SMILES string of the molecule is CCC(NC(=O)c1cc(OC)c(OC)c(OC)c1)C(N)=S. The third-order valence-electron chi connectivity index (χ3n) is 2.98. The Bertz CT molecular complexity index is 509. The number of benzene rings is 1. The predicted octanol–water partition coefficient (Wildman–Crippen LogP) is 1.51. The van der Waals surface area contributed by atoms with E-state index in [-0.39, 0.29) is 16.9 Å². The van der Waals surface area contributed by atoms with Gasteiger partial charge in [0.25, 0.3) is 5.91 Å². The van der Waals surface area contributed by atoms with Gasteiger partial charge in [-0.25, -0.2) is 0 Å². The van der Waals surface area contributed by atoms with Crippen molar-refractivity contribution in [1.29, 1.82) is 0 Å². The molecule has 1 unspecified atom stereocenters. The first-order chi connectivity index (χ1) is 9.98. The number of ether oxygens (including phenoxy) is 3. The van der Waals surface area contributed by atoms with E-state index < -0.39 is 0 Å². The third kappa shape index (κ3) is 3.98. The number of hydrogen-bond donors (Lipinski definition) is 2. The molecule has 0 aliphatic carbocycles. The summed E-state index contributed by atoms with van der Waals surface area (Å²) in [4.78, 5) is 12.5. The second-order valence-electron chi connectivity index (χ2n) is 4.25. The summed E-state index contributed by atoms with van der Waals surface area (Å²) < 4.78 is 15.6. The molecule has 0 spiro atoms. The van der Waals surface area contributed by atoms with Crippen LogP contribution < -0.4 is 25.3 Å². The third-order valence-corrected chi connectivity index (χ3v) is 3.27. The lowest BCUT2D eigenvalue weighted by Crippen LogP contribution is -2.43. The van der Waals surface area contributed by atoms with Crippen LogP contribution in [-0.4, -0.2) is 38.3 Å². The normalized spacial score (nSPS) is 11.4. The van der Waals surface area contributed by atoms with Crippen LogP contribution in [0.5, 0.6) is 17.2 Å². The standard InChI is InChI=1S/C14H20N2O4S/c1-5-9(13(15)21)16-14(17)8-6-10(18-2)12(20-4)11(7-8)19-3/h6-7,9H,5H2,1-4H3,(H2,15,21)(H,16,17). The summed E-state index contributed by atoms with van der Waals surface area (Å²) in [5, 5.41) is 2.77. The molecule has 6 nitrogen and oxygen atoms in total. The topological polar surface area (TPSA) is 82.8 Å². The molecule has 21 heavy (non-hydrogen) atoms. The van der Waals surface area contributed by atoms with Gasteiger partial charge in [-0.3, -0.25) is 4.79 Å². The first-order valence-corrected chi connectivity index (χ1v) is 6.79. The number of carbonyl (C=O) groups is 1. The van der Waals surface area contributed by atoms with Crippen molar-refractivity contribution >= 4 is 23.1 Å². The lowest BCUT2D eigenvalue weighted by molar-refractivity contribution is 0.0945. The van der Waals surface area contributed by atoms with Gasteiger partial charge in [0.15, 0.2) is 11.5 Å². The molecule has 0 saturated heterocycles. The monoisotopic (exact) mass is 312 g/mol. The highest BCUT2D eigenvalue weighted by molar-refractivity contribution is 7.80. The molecule has 0 aliphatic heterocycles. The van der Waals surface area contributed by atoms with Crippen LogP contribution in [0.1, 0.15) is 23.7 Å². The number of thiocarbonyl (C=S) groups is 1. The molecular weight excluding hydrogens is 292 g/mol. The Labute approximate surface area is 129 Å². The van der Waals surface area contributed by atoms with Crippen LogP contribution in [0.4, 0.5) is 0 Å². The van der Waals surface area contributed by atoms with Crippen LogP contribution in [0.25, 0.3) is 0 Å². The minimum absolute atomic E-state index is 0.248. The van der Waals surface area contributed by atoms with E-state index in [4.69, 9.17) is 32.2 Å². The number of carbonyl (C=O) groups excluding carboxylic acids is 1. The minimum atomic E-state index is -0.355. The minimum Gasteiger partial charge on any atom is -0.493 e. The number of nitrogens with one attached hydrogen (secondary N) is 1. The zero-order valence-corrected chi connectivity index (χ0v) is 13.4. The van der Waals surface area contributed by atoms with Gasteiger partial charge in [-0.2, -0.15) is 0 Å². The summed E-state index contributed by atoms with van der Waals surface area (Å²) in [5.74, 6) is 0.933. The highest BCUT2D eigenvalue weighted by Gasteiger charge is 2.19. The van der Waals surface area contributed by atoms with E-state index in [2.05, 4.69) is 5.32 Å². The van der Waals surface area contributed by atoms with Gasteiger partial charge in [0.1, 0.15) is 0 Å². The van der Waals surface area contributed by atoms with E-state index in [9.17, 15) is 4.79 Å². The number of nitrogens with two attached hydrogens (primary N) is 1. The summed E-state index contributed by atoms with van der Waals surface area (Å²) in [6.45, 7) is 1.89.